The fourth-order valence-corrected chi connectivity index (χ4v) is 2.39. The van der Waals surface area contributed by atoms with Gasteiger partial charge in [0.05, 0.1) is 5.70 Å². The van der Waals surface area contributed by atoms with Crippen molar-refractivity contribution < 1.29 is 8.91 Å². The molecule has 0 aliphatic carbocycles. The Balaban J connectivity index is 2.07. The lowest BCUT2D eigenvalue weighted by molar-refractivity contribution is 0.330. The second kappa shape index (κ2) is 4.53. The quantitative estimate of drug-likeness (QED) is 0.639. The SMILES string of the molecule is N=C1CCNC/C1=C1/NCC(F)Cc2conc21. The minimum atomic E-state index is -0.952. The molecule has 2 aliphatic rings. The predicted octanol–water partition coefficient (Wildman–Crippen LogP) is 0.883. The van der Waals surface area contributed by atoms with Gasteiger partial charge in [0, 0.05) is 49.3 Å². The molecule has 0 aromatic carbocycles. The number of alkyl halides is 1. The number of nitrogens with zero attached hydrogens (tertiary/aromatic N) is 1. The Kier molecular flexibility index (Phi) is 2.87. The average molecular weight is 250 g/mol. The van der Waals surface area contributed by atoms with Crippen molar-refractivity contribution in [3.63, 3.8) is 0 Å². The van der Waals surface area contributed by atoms with E-state index in [2.05, 4.69) is 15.8 Å². The third-order valence-corrected chi connectivity index (χ3v) is 3.34. The molecule has 18 heavy (non-hydrogen) atoms. The summed E-state index contributed by atoms with van der Waals surface area (Å²) < 4.78 is 18.6. The molecule has 3 heterocycles. The van der Waals surface area contributed by atoms with Gasteiger partial charge in [-0.2, -0.15) is 0 Å². The summed E-state index contributed by atoms with van der Waals surface area (Å²) in [6, 6.07) is 0. The summed E-state index contributed by atoms with van der Waals surface area (Å²) in [5.41, 5.74) is 3.62. The van der Waals surface area contributed by atoms with E-state index in [4.69, 9.17) is 9.93 Å². The van der Waals surface area contributed by atoms with Crippen molar-refractivity contribution in [3.8, 4) is 0 Å². The van der Waals surface area contributed by atoms with Crippen molar-refractivity contribution in [1.29, 1.82) is 5.41 Å². The van der Waals surface area contributed by atoms with E-state index in [9.17, 15) is 4.39 Å². The van der Waals surface area contributed by atoms with Crippen molar-refractivity contribution in [2.75, 3.05) is 19.6 Å². The second-order valence-electron chi connectivity index (χ2n) is 4.63. The molecule has 1 aromatic heterocycles. The Hall–Kier alpha value is -1.69. The molecule has 1 atom stereocenters. The molecule has 0 radical (unpaired) electrons. The number of halogens is 1. The smallest absolute Gasteiger partial charge is 0.133 e. The first-order valence-electron chi connectivity index (χ1n) is 6.09. The molecule has 6 heteroatoms. The summed E-state index contributed by atoms with van der Waals surface area (Å²) in [5, 5.41) is 18.3. The highest BCUT2D eigenvalue weighted by Gasteiger charge is 2.26. The lowest BCUT2D eigenvalue weighted by Gasteiger charge is -2.20. The number of piperidine rings is 1. The molecule has 2 aliphatic heterocycles. The van der Waals surface area contributed by atoms with Crippen LogP contribution in [0.4, 0.5) is 4.39 Å². The van der Waals surface area contributed by atoms with Crippen molar-refractivity contribution in [1.82, 2.24) is 15.8 Å². The van der Waals surface area contributed by atoms with Gasteiger partial charge in [-0.05, 0) is 0 Å². The van der Waals surface area contributed by atoms with E-state index >= 15 is 0 Å². The topological polar surface area (TPSA) is 73.9 Å². The molecule has 0 saturated carbocycles. The number of rotatable bonds is 0. The molecule has 0 spiro atoms. The predicted molar refractivity (Wildman–Crippen MR) is 65.2 cm³/mol. The normalized spacial score (nSPS) is 28.5. The maximum absolute atomic E-state index is 13.6. The standard InChI is InChI=1S/C12H15FN4O/c13-8-3-7-6-18-17-11(7)12(16-4-8)9-5-15-2-1-10(9)14/h6,8,14-16H,1-5H2/b12-9-,14-10?. The molecular weight excluding hydrogens is 235 g/mol. The Morgan fingerprint density at radius 1 is 1.50 bits per heavy atom. The maximum atomic E-state index is 13.6. The molecule has 0 bridgehead atoms. The fourth-order valence-electron chi connectivity index (χ4n) is 2.39. The Morgan fingerprint density at radius 3 is 3.22 bits per heavy atom. The molecule has 96 valence electrons. The Labute approximate surface area is 104 Å². The van der Waals surface area contributed by atoms with E-state index in [1.165, 1.54) is 6.26 Å². The van der Waals surface area contributed by atoms with Crippen LogP contribution in [-0.4, -0.2) is 36.7 Å². The van der Waals surface area contributed by atoms with Crippen molar-refractivity contribution in [2.45, 2.75) is 19.0 Å². The van der Waals surface area contributed by atoms with E-state index in [0.717, 1.165) is 23.4 Å². The van der Waals surface area contributed by atoms with Gasteiger partial charge in [0.2, 0.25) is 0 Å². The van der Waals surface area contributed by atoms with Gasteiger partial charge >= 0.3 is 0 Å². The number of fused-ring (bicyclic) bond motifs is 1. The van der Waals surface area contributed by atoms with Gasteiger partial charge in [0.25, 0.3) is 0 Å². The summed E-state index contributed by atoms with van der Waals surface area (Å²) in [5.74, 6) is 0. The Morgan fingerprint density at radius 2 is 2.39 bits per heavy atom. The van der Waals surface area contributed by atoms with Crippen LogP contribution in [0.15, 0.2) is 16.4 Å². The number of nitrogens with one attached hydrogen (secondary N) is 3. The third kappa shape index (κ3) is 1.92. The van der Waals surface area contributed by atoms with Crippen LogP contribution in [0.1, 0.15) is 17.7 Å². The van der Waals surface area contributed by atoms with Crippen LogP contribution in [0.3, 0.4) is 0 Å². The largest absolute Gasteiger partial charge is 0.380 e. The molecule has 3 N–H and O–H groups in total. The van der Waals surface area contributed by atoms with E-state index in [-0.39, 0.29) is 6.54 Å². The van der Waals surface area contributed by atoms with Crippen molar-refractivity contribution in [2.24, 2.45) is 0 Å². The lowest BCUT2D eigenvalue weighted by Crippen LogP contribution is -2.33. The zero-order chi connectivity index (χ0) is 12.5. The number of hydrogen-bond acceptors (Lipinski definition) is 5. The van der Waals surface area contributed by atoms with Crippen molar-refractivity contribution >= 4 is 11.4 Å². The van der Waals surface area contributed by atoms with Crippen LogP contribution in [0.5, 0.6) is 0 Å². The van der Waals surface area contributed by atoms with Crippen LogP contribution >= 0.6 is 0 Å². The summed E-state index contributed by atoms with van der Waals surface area (Å²) >= 11 is 0. The average Bonchev–Trinajstić information content (AvgIpc) is 2.74. The van der Waals surface area contributed by atoms with E-state index in [0.29, 0.717) is 30.8 Å². The maximum Gasteiger partial charge on any atom is 0.133 e. The summed E-state index contributed by atoms with van der Waals surface area (Å²) in [6.07, 6.45) is 1.54. The van der Waals surface area contributed by atoms with Crippen LogP contribution in [-0.2, 0) is 6.42 Å². The molecule has 1 saturated heterocycles. The van der Waals surface area contributed by atoms with Crippen LogP contribution in [0.25, 0.3) is 5.70 Å². The van der Waals surface area contributed by atoms with Gasteiger partial charge < -0.3 is 20.6 Å². The van der Waals surface area contributed by atoms with Gasteiger partial charge in [0.15, 0.2) is 0 Å². The van der Waals surface area contributed by atoms with E-state index in [1.54, 1.807) is 0 Å². The van der Waals surface area contributed by atoms with Gasteiger partial charge in [-0.15, -0.1) is 0 Å². The van der Waals surface area contributed by atoms with Crippen molar-refractivity contribution in [3.05, 3.63) is 23.1 Å². The first-order chi connectivity index (χ1) is 8.75. The highest BCUT2D eigenvalue weighted by Crippen LogP contribution is 2.25. The van der Waals surface area contributed by atoms with Gasteiger partial charge in [0.1, 0.15) is 18.1 Å². The van der Waals surface area contributed by atoms with E-state index < -0.39 is 6.17 Å². The van der Waals surface area contributed by atoms with Crippen LogP contribution in [0.2, 0.25) is 0 Å². The second-order valence-corrected chi connectivity index (χ2v) is 4.63. The minimum absolute atomic E-state index is 0.252. The highest BCUT2D eigenvalue weighted by molar-refractivity contribution is 6.05. The monoisotopic (exact) mass is 250 g/mol. The summed E-state index contributed by atoms with van der Waals surface area (Å²) in [4.78, 5) is 0. The van der Waals surface area contributed by atoms with Crippen LogP contribution in [0, 0.1) is 5.41 Å². The zero-order valence-corrected chi connectivity index (χ0v) is 9.92. The molecule has 5 nitrogen and oxygen atoms in total. The van der Waals surface area contributed by atoms with Gasteiger partial charge in [-0.1, -0.05) is 5.16 Å². The minimum Gasteiger partial charge on any atom is -0.380 e. The molecule has 3 rings (SSSR count). The summed E-state index contributed by atoms with van der Waals surface area (Å²) in [6.45, 7) is 1.68. The lowest BCUT2D eigenvalue weighted by atomic mass is 9.99. The van der Waals surface area contributed by atoms with E-state index in [1.807, 2.05) is 0 Å². The fraction of sp³-hybridized carbons (Fsp3) is 0.500. The third-order valence-electron chi connectivity index (χ3n) is 3.34. The summed E-state index contributed by atoms with van der Waals surface area (Å²) in [7, 11) is 0. The Bertz CT molecular complexity index is 508. The molecular formula is C12H15FN4O. The first-order valence-corrected chi connectivity index (χ1v) is 6.09. The zero-order valence-electron chi connectivity index (χ0n) is 9.92. The van der Waals surface area contributed by atoms with Gasteiger partial charge in [-0.25, -0.2) is 4.39 Å². The molecule has 0 amide bonds. The highest BCUT2D eigenvalue weighted by atomic mass is 19.1. The number of hydrogen-bond donors (Lipinski definition) is 3. The molecule has 1 fully saturated rings. The number of aromatic nitrogens is 1. The molecule has 1 unspecified atom stereocenters. The first kappa shape index (κ1) is 11.4. The molecule has 1 aromatic rings. The van der Waals surface area contributed by atoms with Crippen LogP contribution < -0.4 is 10.6 Å². The van der Waals surface area contributed by atoms with Gasteiger partial charge in [-0.3, -0.25) is 0 Å².